The molecule has 0 aliphatic heterocycles. The SMILES string of the molecule is CC(=O)NN.CC(=O)NO.CC(=O)O.CC(C)=O.CNC(C)=O. The van der Waals surface area contributed by atoms with Gasteiger partial charge in [-0.1, -0.05) is 0 Å². The average Bonchev–Trinajstić information content (AvgIpc) is 2.38. The third kappa shape index (κ3) is 494. The third-order valence-corrected chi connectivity index (χ3v) is 0.713. The monoisotopic (exact) mass is 340 g/mol. The fourth-order valence-electron chi connectivity index (χ4n) is 0. The van der Waals surface area contributed by atoms with Crippen molar-refractivity contribution < 1.29 is 34.3 Å². The Balaban J connectivity index is -0.0000000589. The van der Waals surface area contributed by atoms with E-state index >= 15 is 0 Å². The molecule has 0 saturated heterocycles. The second-order valence-corrected chi connectivity index (χ2v) is 3.60. The Labute approximate surface area is 135 Å². The Bertz CT molecular complexity index is 293. The van der Waals surface area contributed by atoms with Gasteiger partial charge in [-0.05, 0) is 13.8 Å². The highest BCUT2D eigenvalue weighted by molar-refractivity contribution is 5.72. The van der Waals surface area contributed by atoms with Gasteiger partial charge in [0.15, 0.2) is 0 Å². The van der Waals surface area contributed by atoms with Gasteiger partial charge in [0.2, 0.25) is 17.7 Å². The van der Waals surface area contributed by atoms with Crippen LogP contribution in [0, 0.1) is 0 Å². The Morgan fingerprint density at radius 2 is 0.913 bits per heavy atom. The molecule has 0 saturated carbocycles. The van der Waals surface area contributed by atoms with Crippen molar-refractivity contribution in [2.24, 2.45) is 5.84 Å². The first-order valence-electron chi connectivity index (χ1n) is 6.01. The minimum absolute atomic E-state index is 0.00463. The van der Waals surface area contributed by atoms with Gasteiger partial charge in [-0.2, -0.15) is 0 Å². The first kappa shape index (κ1) is 32.4. The second kappa shape index (κ2) is 27.8. The number of hydrazine groups is 1. The Morgan fingerprint density at radius 1 is 0.783 bits per heavy atom. The summed E-state index contributed by atoms with van der Waals surface area (Å²) in [6.07, 6.45) is 0. The van der Waals surface area contributed by atoms with E-state index in [0.717, 1.165) is 6.92 Å². The van der Waals surface area contributed by atoms with E-state index in [1.54, 1.807) is 7.05 Å². The van der Waals surface area contributed by atoms with E-state index in [-0.39, 0.29) is 17.6 Å². The van der Waals surface area contributed by atoms with Crippen LogP contribution in [0.5, 0.6) is 0 Å². The molecule has 11 nitrogen and oxygen atoms in total. The summed E-state index contributed by atoms with van der Waals surface area (Å²) in [6.45, 7) is 8.18. The van der Waals surface area contributed by atoms with Gasteiger partial charge in [0, 0.05) is 34.7 Å². The first-order chi connectivity index (χ1) is 10.3. The molecular weight excluding hydrogens is 312 g/mol. The summed E-state index contributed by atoms with van der Waals surface area (Å²) in [5.41, 5.74) is 3.28. The summed E-state index contributed by atoms with van der Waals surface area (Å²) in [5, 5.41) is 17.3. The van der Waals surface area contributed by atoms with Crippen molar-refractivity contribution in [1.29, 1.82) is 0 Å². The van der Waals surface area contributed by atoms with Crippen molar-refractivity contribution in [2.45, 2.75) is 41.5 Å². The summed E-state index contributed by atoms with van der Waals surface area (Å²) in [6, 6.07) is 0. The maximum atomic E-state index is 9.70. The first-order valence-corrected chi connectivity index (χ1v) is 6.01. The number of amides is 3. The van der Waals surface area contributed by atoms with Crippen LogP contribution in [0.4, 0.5) is 0 Å². The summed E-state index contributed by atoms with van der Waals surface area (Å²) in [4.78, 5) is 47.2. The van der Waals surface area contributed by atoms with Crippen molar-refractivity contribution >= 4 is 29.5 Å². The molecule has 0 aliphatic rings. The lowest BCUT2D eigenvalue weighted by molar-refractivity contribution is -0.134. The van der Waals surface area contributed by atoms with Gasteiger partial charge in [0.05, 0.1) is 0 Å². The van der Waals surface area contributed by atoms with Crippen LogP contribution in [-0.4, -0.2) is 46.8 Å². The number of carbonyl (C=O) groups is 5. The maximum Gasteiger partial charge on any atom is 0.300 e. The molecule has 0 heterocycles. The molecule has 0 aromatic rings. The quantitative estimate of drug-likeness (QED) is 0.139. The second-order valence-electron chi connectivity index (χ2n) is 3.60. The van der Waals surface area contributed by atoms with Crippen molar-refractivity contribution in [3.63, 3.8) is 0 Å². The van der Waals surface area contributed by atoms with Gasteiger partial charge in [0.25, 0.3) is 5.97 Å². The Kier molecular flexibility index (Phi) is 39.1. The Hall–Kier alpha value is -2.53. The highest BCUT2D eigenvalue weighted by atomic mass is 16.5. The van der Waals surface area contributed by atoms with Crippen LogP contribution in [0.2, 0.25) is 0 Å². The van der Waals surface area contributed by atoms with Crippen LogP contribution < -0.4 is 22.1 Å². The van der Waals surface area contributed by atoms with Crippen LogP contribution in [0.25, 0.3) is 0 Å². The third-order valence-electron chi connectivity index (χ3n) is 0.713. The molecule has 0 aromatic carbocycles. The van der Waals surface area contributed by atoms with E-state index < -0.39 is 11.9 Å². The zero-order chi connectivity index (χ0) is 20.0. The number of carboxylic acid groups (broad SMARTS) is 1. The molecule has 0 rings (SSSR count). The van der Waals surface area contributed by atoms with Gasteiger partial charge in [-0.3, -0.25) is 29.8 Å². The molecule has 0 aromatic heterocycles. The number of carbonyl (C=O) groups excluding carboxylic acids is 4. The number of Topliss-reactive ketones (excluding diaryl/α,β-unsaturated/α-hetero) is 1. The van der Waals surface area contributed by atoms with E-state index in [4.69, 9.17) is 15.1 Å². The van der Waals surface area contributed by atoms with E-state index in [1.807, 2.05) is 5.43 Å². The average molecular weight is 340 g/mol. The van der Waals surface area contributed by atoms with Crippen LogP contribution in [0.1, 0.15) is 41.5 Å². The van der Waals surface area contributed by atoms with Crippen LogP contribution in [0.3, 0.4) is 0 Å². The molecule has 138 valence electrons. The summed E-state index contributed by atoms with van der Waals surface area (Å²) in [5.74, 6) is 3.25. The number of ketones is 1. The summed E-state index contributed by atoms with van der Waals surface area (Å²) in [7, 11) is 1.60. The molecule has 0 atom stereocenters. The predicted molar refractivity (Wildman–Crippen MR) is 83.0 cm³/mol. The van der Waals surface area contributed by atoms with Gasteiger partial charge < -0.3 is 15.2 Å². The number of rotatable bonds is 0. The minimum atomic E-state index is -0.833. The van der Waals surface area contributed by atoms with E-state index in [0.29, 0.717) is 0 Å². The number of aliphatic carboxylic acids is 1. The number of nitrogens with two attached hydrogens (primary N) is 1. The molecule has 0 bridgehead atoms. The van der Waals surface area contributed by atoms with E-state index in [1.165, 1.54) is 40.1 Å². The molecule has 0 fully saturated rings. The Morgan fingerprint density at radius 3 is 0.913 bits per heavy atom. The molecule has 7 N–H and O–H groups in total. The molecule has 11 heteroatoms. The van der Waals surface area contributed by atoms with Crippen LogP contribution >= 0.6 is 0 Å². The number of hydroxylamine groups is 1. The zero-order valence-corrected chi connectivity index (χ0v) is 14.5. The fourth-order valence-corrected chi connectivity index (χ4v) is 0. The standard InChI is InChI=1S/C3H7NO.C3H6O.C2H6N2O.C2H5NO2.C2H4O2/c1-3(5)4-2;1-3(2)4;1-2(5)4-3;1-2(4)3-5;1-2(3)4/h1-2H3,(H,4,5);1-2H3;3H2,1H3,(H,4,5);5H,1H3,(H,3,4);1H3,(H,3,4). The largest absolute Gasteiger partial charge is 0.481 e. The normalized spacial score (nSPS) is 6.65. The summed E-state index contributed by atoms with van der Waals surface area (Å²) >= 11 is 0. The van der Waals surface area contributed by atoms with Gasteiger partial charge in [-0.25, -0.2) is 11.3 Å². The molecule has 0 unspecified atom stereocenters. The predicted octanol–water partition coefficient (Wildman–Crippen LogP) is -1.05. The molecule has 0 aliphatic carbocycles. The number of hydrogen-bond acceptors (Lipinski definition) is 7. The molecular formula is C12H28N4O7. The highest BCUT2D eigenvalue weighted by Gasteiger charge is 1.75. The van der Waals surface area contributed by atoms with Crippen molar-refractivity contribution in [1.82, 2.24) is 16.2 Å². The lowest BCUT2D eigenvalue weighted by Crippen LogP contribution is -2.26. The topological polar surface area (TPSA) is 188 Å². The smallest absolute Gasteiger partial charge is 0.300 e. The van der Waals surface area contributed by atoms with Gasteiger partial charge in [0.1, 0.15) is 5.78 Å². The molecule has 3 amide bonds. The fraction of sp³-hybridized carbons (Fsp3) is 0.583. The number of hydrogen-bond donors (Lipinski definition) is 6. The van der Waals surface area contributed by atoms with Crippen LogP contribution in [0.15, 0.2) is 0 Å². The lowest BCUT2D eigenvalue weighted by atomic mass is 10.6. The lowest BCUT2D eigenvalue weighted by Gasteiger charge is -1.80. The zero-order valence-electron chi connectivity index (χ0n) is 14.5. The van der Waals surface area contributed by atoms with Crippen molar-refractivity contribution in [2.75, 3.05) is 7.05 Å². The number of nitrogens with one attached hydrogen (secondary N) is 3. The summed E-state index contributed by atoms with van der Waals surface area (Å²) < 4.78 is 0. The van der Waals surface area contributed by atoms with Crippen LogP contribution in [-0.2, 0) is 24.0 Å². The van der Waals surface area contributed by atoms with E-state index in [2.05, 4.69) is 11.2 Å². The molecule has 0 radical (unpaired) electrons. The van der Waals surface area contributed by atoms with Gasteiger partial charge in [-0.15, -0.1) is 0 Å². The molecule has 0 spiro atoms. The number of carboxylic acids is 1. The van der Waals surface area contributed by atoms with Crippen molar-refractivity contribution in [3.05, 3.63) is 0 Å². The van der Waals surface area contributed by atoms with E-state index in [9.17, 15) is 19.2 Å². The van der Waals surface area contributed by atoms with Crippen molar-refractivity contribution in [3.8, 4) is 0 Å². The minimum Gasteiger partial charge on any atom is -0.481 e. The maximum absolute atomic E-state index is 9.70. The molecule has 23 heavy (non-hydrogen) atoms. The van der Waals surface area contributed by atoms with Gasteiger partial charge >= 0.3 is 0 Å². The highest BCUT2D eigenvalue weighted by Crippen LogP contribution is 1.50.